The zero-order chi connectivity index (χ0) is 21.6. The minimum absolute atomic E-state index is 0.322. The maximum atomic E-state index is 12.5. The van der Waals surface area contributed by atoms with Gasteiger partial charge in [0.25, 0.3) is 0 Å². The van der Waals surface area contributed by atoms with Crippen LogP contribution in [0.5, 0.6) is 11.5 Å². The van der Waals surface area contributed by atoms with Crippen LogP contribution in [0.4, 0.5) is 10.7 Å². The van der Waals surface area contributed by atoms with E-state index in [-0.39, 0.29) is 5.97 Å². The average Bonchev–Trinajstić information content (AvgIpc) is 2.95. The summed E-state index contributed by atoms with van der Waals surface area (Å²) in [4.78, 5) is 13.8. The molecule has 0 unspecified atom stereocenters. The Bertz CT molecular complexity index is 1080. The summed E-state index contributed by atoms with van der Waals surface area (Å²) in [6, 6.07) is 17.2. The summed E-state index contributed by atoms with van der Waals surface area (Å²) in [5, 5.41) is 7.56. The topological polar surface area (TPSA) is 59.6 Å². The van der Waals surface area contributed by atoms with E-state index in [1.807, 2.05) is 54.6 Å². The van der Waals surface area contributed by atoms with E-state index >= 15 is 0 Å². The van der Waals surface area contributed by atoms with Crippen molar-refractivity contribution in [3.8, 4) is 11.5 Å². The second-order valence-electron chi connectivity index (χ2n) is 7.25. The highest BCUT2D eigenvalue weighted by atomic mass is 32.1. The largest absolute Gasteiger partial charge is 0.465 e. The Hall–Kier alpha value is -2.90. The predicted octanol–water partition coefficient (Wildman–Crippen LogP) is 6.40. The average molecular weight is 453 g/mol. The van der Waals surface area contributed by atoms with E-state index in [9.17, 15) is 4.79 Å². The van der Waals surface area contributed by atoms with Gasteiger partial charge in [0, 0.05) is 4.88 Å². The second-order valence-corrected chi connectivity index (χ2v) is 8.76. The summed E-state index contributed by atoms with van der Waals surface area (Å²) < 4.78 is 11.1. The van der Waals surface area contributed by atoms with Crippen LogP contribution in [-0.2, 0) is 17.6 Å². The lowest BCUT2D eigenvalue weighted by molar-refractivity contribution is 0.0601. The Morgan fingerprint density at radius 3 is 2.52 bits per heavy atom. The molecule has 160 valence electrons. The summed E-state index contributed by atoms with van der Waals surface area (Å²) >= 11 is 7.16. The van der Waals surface area contributed by atoms with Gasteiger partial charge < -0.3 is 20.1 Å². The lowest BCUT2D eigenvalue weighted by atomic mass is 10.1. The molecule has 0 spiro atoms. The molecule has 0 saturated carbocycles. The quantitative estimate of drug-likeness (QED) is 0.265. The Balaban J connectivity index is 1.54. The molecular formula is C24H24N2O3S2. The van der Waals surface area contributed by atoms with Crippen molar-refractivity contribution >= 4 is 45.3 Å². The van der Waals surface area contributed by atoms with Crippen LogP contribution in [0.2, 0.25) is 0 Å². The molecule has 1 heterocycles. The van der Waals surface area contributed by atoms with Crippen LogP contribution < -0.4 is 15.4 Å². The van der Waals surface area contributed by atoms with Crippen molar-refractivity contribution in [3.05, 3.63) is 70.6 Å². The van der Waals surface area contributed by atoms with Crippen LogP contribution in [0.3, 0.4) is 0 Å². The van der Waals surface area contributed by atoms with Gasteiger partial charge >= 0.3 is 5.97 Å². The number of ether oxygens (including phenoxy) is 2. The molecule has 1 aliphatic carbocycles. The fourth-order valence-corrected chi connectivity index (χ4v) is 5.24. The van der Waals surface area contributed by atoms with Crippen molar-refractivity contribution in [1.82, 2.24) is 0 Å². The SMILES string of the molecule is COC(=O)c1c(NC(=S)Nc2ccccc2Oc2ccccc2)sc2c1CCCCC2. The third-order valence-electron chi connectivity index (χ3n) is 5.14. The number of para-hydroxylation sites is 3. The molecule has 0 fully saturated rings. The molecular weight excluding hydrogens is 428 g/mol. The van der Waals surface area contributed by atoms with E-state index in [0.29, 0.717) is 16.4 Å². The van der Waals surface area contributed by atoms with Crippen molar-refractivity contribution in [2.45, 2.75) is 32.1 Å². The number of benzene rings is 2. The number of thiocarbonyl (C=S) groups is 1. The third-order valence-corrected chi connectivity index (χ3v) is 6.56. The smallest absolute Gasteiger partial charge is 0.341 e. The Morgan fingerprint density at radius 2 is 1.71 bits per heavy atom. The molecule has 2 N–H and O–H groups in total. The van der Waals surface area contributed by atoms with Crippen LogP contribution in [0.1, 0.15) is 40.1 Å². The molecule has 1 aromatic heterocycles. The number of esters is 1. The Morgan fingerprint density at radius 1 is 0.968 bits per heavy atom. The van der Waals surface area contributed by atoms with E-state index in [0.717, 1.165) is 47.7 Å². The van der Waals surface area contributed by atoms with E-state index in [1.54, 1.807) is 11.3 Å². The summed E-state index contributed by atoms with van der Waals surface area (Å²) in [6.07, 6.45) is 5.29. The monoisotopic (exact) mass is 452 g/mol. The lowest BCUT2D eigenvalue weighted by Gasteiger charge is -2.15. The number of nitrogens with one attached hydrogen (secondary N) is 2. The van der Waals surface area contributed by atoms with E-state index in [2.05, 4.69) is 10.6 Å². The van der Waals surface area contributed by atoms with Crippen molar-refractivity contribution in [3.63, 3.8) is 0 Å². The molecule has 1 aliphatic rings. The van der Waals surface area contributed by atoms with Gasteiger partial charge in [-0.2, -0.15) is 0 Å². The Labute approximate surface area is 191 Å². The molecule has 2 aromatic carbocycles. The van der Waals surface area contributed by atoms with Crippen molar-refractivity contribution < 1.29 is 14.3 Å². The van der Waals surface area contributed by atoms with Crippen molar-refractivity contribution in [2.75, 3.05) is 17.7 Å². The van der Waals surface area contributed by atoms with E-state index in [1.165, 1.54) is 18.4 Å². The highest BCUT2D eigenvalue weighted by molar-refractivity contribution is 7.80. The first kappa shape index (κ1) is 21.3. The van der Waals surface area contributed by atoms with Gasteiger partial charge in [-0.3, -0.25) is 0 Å². The highest BCUT2D eigenvalue weighted by Crippen LogP contribution is 2.38. The predicted molar refractivity (Wildman–Crippen MR) is 130 cm³/mol. The lowest BCUT2D eigenvalue weighted by Crippen LogP contribution is -2.20. The molecule has 0 bridgehead atoms. The van der Waals surface area contributed by atoms with Crippen LogP contribution in [0.25, 0.3) is 0 Å². The van der Waals surface area contributed by atoms with E-state index < -0.39 is 0 Å². The number of carbonyl (C=O) groups excluding carboxylic acids is 1. The second kappa shape index (κ2) is 9.94. The maximum absolute atomic E-state index is 12.5. The van der Waals surface area contributed by atoms with Gasteiger partial charge in [-0.25, -0.2) is 4.79 Å². The standard InChI is InChI=1S/C24H24N2O3S2/c1-28-23(27)21-17-12-6-3-7-15-20(17)31-22(21)26-24(30)25-18-13-8-9-14-19(18)29-16-10-4-2-5-11-16/h2,4-5,8-11,13-14H,3,6-7,12,15H2,1H3,(H2,25,26,30). The highest BCUT2D eigenvalue weighted by Gasteiger charge is 2.25. The number of thiophene rings is 1. The number of methoxy groups -OCH3 is 1. The molecule has 3 aromatic rings. The van der Waals surface area contributed by atoms with Crippen LogP contribution in [-0.4, -0.2) is 18.2 Å². The van der Waals surface area contributed by atoms with Gasteiger partial charge in [-0.15, -0.1) is 11.3 Å². The first-order valence-corrected chi connectivity index (χ1v) is 11.5. The van der Waals surface area contributed by atoms with Gasteiger partial charge in [0.05, 0.1) is 18.4 Å². The molecule has 0 radical (unpaired) electrons. The zero-order valence-electron chi connectivity index (χ0n) is 17.3. The molecule has 0 amide bonds. The number of anilines is 2. The van der Waals surface area contributed by atoms with E-state index in [4.69, 9.17) is 21.7 Å². The summed E-state index contributed by atoms with van der Waals surface area (Å²) in [6.45, 7) is 0. The minimum atomic E-state index is -0.322. The maximum Gasteiger partial charge on any atom is 0.341 e. The summed E-state index contributed by atoms with van der Waals surface area (Å²) in [5.41, 5.74) is 2.46. The molecule has 0 atom stereocenters. The normalized spacial score (nSPS) is 12.9. The molecule has 0 aliphatic heterocycles. The summed E-state index contributed by atoms with van der Waals surface area (Å²) in [7, 11) is 1.42. The fourth-order valence-electron chi connectivity index (χ4n) is 3.68. The van der Waals surface area contributed by atoms with Crippen molar-refractivity contribution in [1.29, 1.82) is 0 Å². The number of hydrogen-bond acceptors (Lipinski definition) is 5. The van der Waals surface area contributed by atoms with Gasteiger partial charge in [0.1, 0.15) is 10.8 Å². The first-order chi connectivity index (χ1) is 15.2. The van der Waals surface area contributed by atoms with Gasteiger partial charge in [0.2, 0.25) is 0 Å². The number of rotatable bonds is 5. The van der Waals surface area contributed by atoms with Crippen LogP contribution >= 0.6 is 23.6 Å². The zero-order valence-corrected chi connectivity index (χ0v) is 18.9. The van der Waals surface area contributed by atoms with Crippen LogP contribution in [0, 0.1) is 0 Å². The van der Waals surface area contributed by atoms with Gasteiger partial charge in [0.15, 0.2) is 10.9 Å². The first-order valence-electron chi connectivity index (χ1n) is 10.3. The van der Waals surface area contributed by atoms with Crippen LogP contribution in [0.15, 0.2) is 54.6 Å². The molecule has 4 rings (SSSR count). The molecule has 5 nitrogen and oxygen atoms in total. The summed E-state index contributed by atoms with van der Waals surface area (Å²) in [5.74, 6) is 1.08. The molecule has 7 heteroatoms. The number of aryl methyl sites for hydroxylation is 1. The number of fused-ring (bicyclic) bond motifs is 1. The molecule has 0 saturated heterocycles. The van der Waals surface area contributed by atoms with Gasteiger partial charge in [-0.1, -0.05) is 36.8 Å². The van der Waals surface area contributed by atoms with Gasteiger partial charge in [-0.05, 0) is 67.7 Å². The Kier molecular flexibility index (Phi) is 6.84. The number of carbonyl (C=O) groups is 1. The fraction of sp³-hybridized carbons (Fsp3) is 0.250. The third kappa shape index (κ3) is 5.06. The number of hydrogen-bond donors (Lipinski definition) is 2. The van der Waals surface area contributed by atoms with Crippen molar-refractivity contribution in [2.24, 2.45) is 0 Å². The molecule has 31 heavy (non-hydrogen) atoms. The minimum Gasteiger partial charge on any atom is -0.465 e.